The first-order chi connectivity index (χ1) is 14.5. The van der Waals surface area contributed by atoms with Gasteiger partial charge in [0, 0.05) is 25.1 Å². The van der Waals surface area contributed by atoms with Gasteiger partial charge in [0.2, 0.25) is 0 Å². The summed E-state index contributed by atoms with van der Waals surface area (Å²) in [6, 6.07) is 12.3. The van der Waals surface area contributed by atoms with E-state index < -0.39 is 0 Å². The number of likely N-dealkylation sites (tertiary alicyclic amines) is 1. The van der Waals surface area contributed by atoms with Crippen molar-refractivity contribution in [3.63, 3.8) is 0 Å². The number of Topliss-reactive ketones (excluding diaryl/α,β-unsaturated/α-hetero) is 1. The maximum Gasteiger partial charge on any atom is 0.161 e. The van der Waals surface area contributed by atoms with Gasteiger partial charge in [0.25, 0.3) is 0 Å². The van der Waals surface area contributed by atoms with Crippen molar-refractivity contribution in [1.82, 2.24) is 4.90 Å². The molecule has 160 valence electrons. The quantitative estimate of drug-likeness (QED) is 0.553. The topological polar surface area (TPSA) is 38.8 Å². The molecule has 0 atom stereocenters. The van der Waals surface area contributed by atoms with E-state index in [1.165, 1.54) is 16.7 Å². The first kappa shape index (κ1) is 22.1. The minimum absolute atomic E-state index is 0.246. The lowest BCUT2D eigenvalue weighted by Gasteiger charge is -2.27. The Morgan fingerprint density at radius 3 is 2.63 bits per heavy atom. The van der Waals surface area contributed by atoms with Crippen LogP contribution in [0.25, 0.3) is 6.08 Å². The fraction of sp³-hybridized carbons (Fsp3) is 0.423. The van der Waals surface area contributed by atoms with Crippen LogP contribution in [0.2, 0.25) is 0 Å². The van der Waals surface area contributed by atoms with E-state index in [1.54, 1.807) is 0 Å². The third kappa shape index (κ3) is 5.73. The number of hydrogen-bond donors (Lipinski definition) is 0. The minimum Gasteiger partial charge on any atom is -0.490 e. The van der Waals surface area contributed by atoms with Crippen molar-refractivity contribution in [2.45, 2.75) is 47.1 Å². The molecule has 1 aliphatic heterocycles. The highest BCUT2D eigenvalue weighted by Gasteiger charge is 2.20. The molecule has 0 bridgehead atoms. The van der Waals surface area contributed by atoms with Crippen LogP contribution in [-0.4, -0.2) is 36.9 Å². The average Bonchev–Trinajstić information content (AvgIpc) is 2.72. The number of carbonyl (C=O) groups excluding carboxylic acids is 1. The SMILES string of the molecule is CCCN1CCC(=O)/C(=C/c2ccc(OCc3cc(C)ccc3C)c(OCC)c2)C1. The lowest BCUT2D eigenvalue weighted by molar-refractivity contribution is -0.117. The summed E-state index contributed by atoms with van der Waals surface area (Å²) in [5.41, 5.74) is 5.46. The van der Waals surface area contributed by atoms with Crippen molar-refractivity contribution in [3.8, 4) is 11.5 Å². The van der Waals surface area contributed by atoms with E-state index in [0.717, 1.165) is 42.9 Å². The highest BCUT2D eigenvalue weighted by atomic mass is 16.5. The van der Waals surface area contributed by atoms with Crippen molar-refractivity contribution in [2.75, 3.05) is 26.2 Å². The first-order valence-corrected chi connectivity index (χ1v) is 10.9. The van der Waals surface area contributed by atoms with Gasteiger partial charge in [-0.3, -0.25) is 9.69 Å². The normalized spacial score (nSPS) is 16.1. The number of carbonyl (C=O) groups is 1. The van der Waals surface area contributed by atoms with E-state index in [9.17, 15) is 4.79 Å². The minimum atomic E-state index is 0.246. The number of nitrogens with zero attached hydrogens (tertiary/aromatic N) is 1. The van der Waals surface area contributed by atoms with Gasteiger partial charge in [-0.15, -0.1) is 0 Å². The fourth-order valence-corrected chi connectivity index (χ4v) is 3.78. The maximum absolute atomic E-state index is 12.4. The molecule has 0 radical (unpaired) electrons. The predicted octanol–water partition coefficient (Wildman–Crippen LogP) is 5.35. The van der Waals surface area contributed by atoms with Crippen LogP contribution in [0, 0.1) is 13.8 Å². The van der Waals surface area contributed by atoms with Gasteiger partial charge in [-0.1, -0.05) is 36.8 Å². The third-order valence-electron chi connectivity index (χ3n) is 5.44. The molecular weight excluding hydrogens is 374 g/mol. The zero-order valence-corrected chi connectivity index (χ0v) is 18.7. The standard InChI is InChI=1S/C26H33NO3/c1-5-12-27-13-11-24(28)22(17-27)15-21-9-10-25(26(16-21)29-6-2)30-18-23-14-19(3)7-8-20(23)4/h7-10,14-16H,5-6,11-13,17-18H2,1-4H3/b22-15+. The molecule has 30 heavy (non-hydrogen) atoms. The molecule has 2 aromatic carbocycles. The van der Waals surface area contributed by atoms with E-state index in [1.807, 2.05) is 31.2 Å². The fourth-order valence-electron chi connectivity index (χ4n) is 3.78. The second-order valence-corrected chi connectivity index (χ2v) is 7.98. The Morgan fingerprint density at radius 1 is 1.03 bits per heavy atom. The van der Waals surface area contributed by atoms with Gasteiger partial charge in [0.1, 0.15) is 6.61 Å². The molecule has 4 heteroatoms. The summed E-state index contributed by atoms with van der Waals surface area (Å²) in [6.07, 6.45) is 3.70. The van der Waals surface area contributed by atoms with Crippen LogP contribution in [0.1, 0.15) is 48.9 Å². The van der Waals surface area contributed by atoms with Crippen LogP contribution in [0.3, 0.4) is 0 Å². The number of ketones is 1. The van der Waals surface area contributed by atoms with Crippen molar-refractivity contribution in [1.29, 1.82) is 0 Å². The molecule has 0 amide bonds. The van der Waals surface area contributed by atoms with Gasteiger partial charge < -0.3 is 9.47 Å². The van der Waals surface area contributed by atoms with Crippen LogP contribution in [0.15, 0.2) is 42.0 Å². The lowest BCUT2D eigenvalue weighted by atomic mass is 10.00. The van der Waals surface area contributed by atoms with Crippen LogP contribution in [-0.2, 0) is 11.4 Å². The van der Waals surface area contributed by atoms with Gasteiger partial charge >= 0.3 is 0 Å². The highest BCUT2D eigenvalue weighted by molar-refractivity contribution is 6.00. The Labute approximate surface area is 180 Å². The smallest absolute Gasteiger partial charge is 0.161 e. The van der Waals surface area contributed by atoms with Crippen molar-refractivity contribution in [2.24, 2.45) is 0 Å². The molecule has 4 nitrogen and oxygen atoms in total. The van der Waals surface area contributed by atoms with E-state index >= 15 is 0 Å². The van der Waals surface area contributed by atoms with E-state index in [-0.39, 0.29) is 5.78 Å². The summed E-state index contributed by atoms with van der Waals surface area (Å²) in [6.45, 7) is 12.0. The molecule has 0 aliphatic carbocycles. The molecule has 0 aromatic heterocycles. The summed E-state index contributed by atoms with van der Waals surface area (Å²) < 4.78 is 12.0. The highest BCUT2D eigenvalue weighted by Crippen LogP contribution is 2.31. The number of aryl methyl sites for hydroxylation is 2. The Bertz CT molecular complexity index is 916. The average molecular weight is 408 g/mol. The molecular formula is C26H33NO3. The molecule has 0 unspecified atom stereocenters. The third-order valence-corrected chi connectivity index (χ3v) is 5.44. The summed E-state index contributed by atoms with van der Waals surface area (Å²) >= 11 is 0. The number of ether oxygens (including phenoxy) is 2. The van der Waals surface area contributed by atoms with Crippen molar-refractivity contribution in [3.05, 3.63) is 64.2 Å². The van der Waals surface area contributed by atoms with E-state index in [0.29, 0.717) is 25.4 Å². The van der Waals surface area contributed by atoms with E-state index in [2.05, 4.69) is 43.9 Å². The van der Waals surface area contributed by atoms with Gasteiger partial charge in [-0.25, -0.2) is 0 Å². The number of piperidine rings is 1. The van der Waals surface area contributed by atoms with E-state index in [4.69, 9.17) is 9.47 Å². The van der Waals surface area contributed by atoms with Crippen molar-refractivity contribution < 1.29 is 14.3 Å². The monoisotopic (exact) mass is 407 g/mol. The largest absolute Gasteiger partial charge is 0.490 e. The molecule has 3 rings (SSSR count). The van der Waals surface area contributed by atoms with Gasteiger partial charge in [0.15, 0.2) is 17.3 Å². The summed E-state index contributed by atoms with van der Waals surface area (Å²) in [7, 11) is 0. The van der Waals surface area contributed by atoms with Gasteiger partial charge in [-0.05, 0) is 68.6 Å². The summed E-state index contributed by atoms with van der Waals surface area (Å²) in [5.74, 6) is 1.68. The van der Waals surface area contributed by atoms with Gasteiger partial charge in [-0.2, -0.15) is 0 Å². The van der Waals surface area contributed by atoms with Crippen LogP contribution < -0.4 is 9.47 Å². The predicted molar refractivity (Wildman–Crippen MR) is 122 cm³/mol. The number of rotatable bonds is 8. The zero-order chi connectivity index (χ0) is 21.5. The zero-order valence-electron chi connectivity index (χ0n) is 18.7. The molecule has 1 saturated heterocycles. The van der Waals surface area contributed by atoms with Crippen molar-refractivity contribution >= 4 is 11.9 Å². The second kappa shape index (κ2) is 10.4. The Hall–Kier alpha value is -2.59. The first-order valence-electron chi connectivity index (χ1n) is 10.9. The van der Waals surface area contributed by atoms with Gasteiger partial charge in [0.05, 0.1) is 6.61 Å². The summed E-state index contributed by atoms with van der Waals surface area (Å²) in [5, 5.41) is 0. The molecule has 2 aromatic rings. The number of benzene rings is 2. The van der Waals surface area contributed by atoms with Crippen LogP contribution >= 0.6 is 0 Å². The molecule has 1 aliphatic rings. The van der Waals surface area contributed by atoms with Crippen LogP contribution in [0.5, 0.6) is 11.5 Å². The van der Waals surface area contributed by atoms with Crippen LogP contribution in [0.4, 0.5) is 0 Å². The molecule has 0 N–H and O–H groups in total. The summed E-state index contributed by atoms with van der Waals surface area (Å²) in [4.78, 5) is 14.7. The Morgan fingerprint density at radius 2 is 1.87 bits per heavy atom. The molecule has 0 spiro atoms. The number of hydrogen-bond acceptors (Lipinski definition) is 4. The Kier molecular flexibility index (Phi) is 7.69. The molecule has 1 fully saturated rings. The molecule has 1 heterocycles. The maximum atomic E-state index is 12.4. The molecule has 0 saturated carbocycles. The Balaban J connectivity index is 1.79. The second-order valence-electron chi connectivity index (χ2n) is 7.98. The lowest BCUT2D eigenvalue weighted by Crippen LogP contribution is -2.36.